The van der Waals surface area contributed by atoms with Crippen LogP contribution >= 0.6 is 0 Å². The molecule has 1 aliphatic rings. The molecule has 6 heteroatoms. The lowest BCUT2D eigenvalue weighted by Crippen LogP contribution is -2.41. The van der Waals surface area contributed by atoms with Crippen LogP contribution in [0.2, 0.25) is 0 Å². The van der Waals surface area contributed by atoms with E-state index in [1.165, 1.54) is 18.2 Å². The Morgan fingerprint density at radius 1 is 1.00 bits per heavy atom. The lowest BCUT2D eigenvalue weighted by atomic mass is 9.92. The fraction of sp³-hybridized carbons (Fsp3) is 0.333. The van der Waals surface area contributed by atoms with Crippen LogP contribution in [-0.4, -0.2) is 24.5 Å². The van der Waals surface area contributed by atoms with Gasteiger partial charge < -0.3 is 10.0 Å². The van der Waals surface area contributed by atoms with Crippen LogP contribution in [-0.2, 0) is 18.6 Å². The Hall–Kier alpha value is -2.08. The minimum Gasteiger partial charge on any atom is -0.374 e. The largest absolute Gasteiger partial charge is 0.374 e. The predicted molar refractivity (Wildman–Crippen MR) is 83.5 cm³/mol. The molecule has 1 N–H and O–H groups in total. The van der Waals surface area contributed by atoms with Crippen LogP contribution in [0.5, 0.6) is 0 Å². The zero-order valence-electron chi connectivity index (χ0n) is 12.8. The molecule has 2 aromatic carbocycles. The fourth-order valence-corrected chi connectivity index (χ4v) is 3.03. The van der Waals surface area contributed by atoms with Crippen LogP contribution in [0, 0.1) is 0 Å². The van der Waals surface area contributed by atoms with Crippen molar-refractivity contribution in [3.05, 3.63) is 65.2 Å². The van der Waals surface area contributed by atoms with Crippen molar-refractivity contribution in [2.45, 2.75) is 31.4 Å². The van der Waals surface area contributed by atoms with Gasteiger partial charge in [-0.2, -0.15) is 0 Å². The summed E-state index contributed by atoms with van der Waals surface area (Å²) in [7, 11) is 0. The van der Waals surface area contributed by atoms with Crippen LogP contribution in [0.4, 0.5) is 23.2 Å². The van der Waals surface area contributed by atoms with Crippen molar-refractivity contribution in [3.8, 4) is 0 Å². The van der Waals surface area contributed by atoms with Crippen molar-refractivity contribution in [2.24, 2.45) is 0 Å². The SMILES string of the molecule is OC(c1ccc2c(c1)CCN2Cc1ccccc1)(C(F)F)C(F)F. The van der Waals surface area contributed by atoms with Crippen molar-refractivity contribution < 1.29 is 22.7 Å². The number of anilines is 1. The molecule has 128 valence electrons. The van der Waals surface area contributed by atoms with Crippen molar-refractivity contribution in [3.63, 3.8) is 0 Å². The highest BCUT2D eigenvalue weighted by molar-refractivity contribution is 5.60. The Balaban J connectivity index is 1.88. The number of alkyl halides is 4. The molecule has 0 aliphatic carbocycles. The maximum atomic E-state index is 13.0. The molecule has 0 saturated heterocycles. The molecule has 0 saturated carbocycles. The summed E-state index contributed by atoms with van der Waals surface area (Å²) in [6.45, 7) is 1.33. The Labute approximate surface area is 137 Å². The standard InChI is InChI=1S/C18H17F4NO/c19-16(20)18(24,17(21)22)14-6-7-15-13(10-14)8-9-23(15)11-12-4-2-1-3-5-12/h1-7,10,16-17,24H,8-9,11H2. The molecule has 2 nitrogen and oxygen atoms in total. The highest BCUT2D eigenvalue weighted by Crippen LogP contribution is 2.38. The van der Waals surface area contributed by atoms with E-state index < -0.39 is 24.0 Å². The molecule has 0 aromatic heterocycles. The predicted octanol–water partition coefficient (Wildman–Crippen LogP) is 3.97. The minimum absolute atomic E-state index is 0.437. The third-order valence-corrected chi connectivity index (χ3v) is 4.42. The van der Waals surface area contributed by atoms with Crippen molar-refractivity contribution in [2.75, 3.05) is 11.4 Å². The van der Waals surface area contributed by atoms with Gasteiger partial charge in [-0.15, -0.1) is 0 Å². The van der Waals surface area contributed by atoms with Crippen LogP contribution in [0.1, 0.15) is 16.7 Å². The number of hydrogen-bond donors (Lipinski definition) is 1. The number of fused-ring (bicyclic) bond motifs is 1. The summed E-state index contributed by atoms with van der Waals surface area (Å²) in [5.41, 5.74) is -1.24. The lowest BCUT2D eigenvalue weighted by Gasteiger charge is -2.27. The smallest absolute Gasteiger partial charge is 0.276 e. The number of nitrogens with zero attached hydrogens (tertiary/aromatic N) is 1. The summed E-state index contributed by atoms with van der Waals surface area (Å²) >= 11 is 0. The average Bonchev–Trinajstić information content (AvgIpc) is 2.97. The second kappa shape index (κ2) is 6.43. The zero-order valence-corrected chi connectivity index (χ0v) is 12.8. The van der Waals surface area contributed by atoms with Crippen molar-refractivity contribution in [1.82, 2.24) is 0 Å². The van der Waals surface area contributed by atoms with Crippen LogP contribution in [0.25, 0.3) is 0 Å². The van der Waals surface area contributed by atoms with Gasteiger partial charge in [0.15, 0.2) is 0 Å². The molecule has 0 amide bonds. The average molecular weight is 339 g/mol. The van der Waals surface area contributed by atoms with Gasteiger partial charge in [0.25, 0.3) is 12.9 Å². The molecule has 3 rings (SSSR count). The molecule has 1 aliphatic heterocycles. The Morgan fingerprint density at radius 3 is 2.29 bits per heavy atom. The molecule has 24 heavy (non-hydrogen) atoms. The summed E-state index contributed by atoms with van der Waals surface area (Å²) in [6, 6.07) is 13.7. The molecule has 0 unspecified atom stereocenters. The van der Waals surface area contributed by atoms with E-state index in [2.05, 4.69) is 4.90 Å². The summed E-state index contributed by atoms with van der Waals surface area (Å²) in [4.78, 5) is 2.07. The summed E-state index contributed by atoms with van der Waals surface area (Å²) in [5.74, 6) is 0. The van der Waals surface area contributed by atoms with Gasteiger partial charge in [0, 0.05) is 18.8 Å². The normalized spacial score (nSPS) is 14.5. The first-order valence-corrected chi connectivity index (χ1v) is 7.64. The van der Waals surface area contributed by atoms with Gasteiger partial charge >= 0.3 is 0 Å². The first-order chi connectivity index (χ1) is 11.4. The third-order valence-electron chi connectivity index (χ3n) is 4.42. The Kier molecular flexibility index (Phi) is 4.49. The first kappa shape index (κ1) is 16.8. The molecule has 0 bridgehead atoms. The highest BCUT2D eigenvalue weighted by atomic mass is 19.3. The Bertz CT molecular complexity index is 697. The minimum atomic E-state index is -3.56. The van der Waals surface area contributed by atoms with Gasteiger partial charge in [-0.05, 0) is 29.2 Å². The van der Waals surface area contributed by atoms with Gasteiger partial charge in [0.2, 0.25) is 5.60 Å². The topological polar surface area (TPSA) is 23.5 Å². The molecule has 0 radical (unpaired) electrons. The van der Waals surface area contributed by atoms with Gasteiger partial charge in [-0.25, -0.2) is 17.6 Å². The number of aliphatic hydroxyl groups is 1. The van der Waals surface area contributed by atoms with Gasteiger partial charge in [-0.1, -0.05) is 42.5 Å². The summed E-state index contributed by atoms with van der Waals surface area (Å²) in [6.07, 6.45) is -6.55. The van der Waals surface area contributed by atoms with E-state index in [9.17, 15) is 22.7 Å². The summed E-state index contributed by atoms with van der Waals surface area (Å²) in [5, 5.41) is 9.76. The molecular formula is C18H17F4NO. The first-order valence-electron chi connectivity index (χ1n) is 7.64. The van der Waals surface area contributed by atoms with Crippen molar-refractivity contribution in [1.29, 1.82) is 0 Å². The van der Waals surface area contributed by atoms with Crippen LogP contribution < -0.4 is 4.90 Å². The van der Waals surface area contributed by atoms with Crippen LogP contribution in [0.15, 0.2) is 48.5 Å². The quantitative estimate of drug-likeness (QED) is 0.834. The monoisotopic (exact) mass is 339 g/mol. The molecule has 0 atom stereocenters. The van der Waals surface area contributed by atoms with Crippen molar-refractivity contribution >= 4 is 5.69 Å². The van der Waals surface area contributed by atoms with Gasteiger partial charge in [0.05, 0.1) is 0 Å². The Morgan fingerprint density at radius 2 is 1.67 bits per heavy atom. The fourth-order valence-electron chi connectivity index (χ4n) is 3.03. The second-order valence-corrected chi connectivity index (χ2v) is 5.93. The van der Waals surface area contributed by atoms with E-state index in [4.69, 9.17) is 0 Å². The molecule has 0 spiro atoms. The number of benzene rings is 2. The number of hydrogen-bond acceptors (Lipinski definition) is 2. The van der Waals surface area contributed by atoms with E-state index in [0.29, 0.717) is 25.1 Å². The zero-order chi connectivity index (χ0) is 17.3. The second-order valence-electron chi connectivity index (χ2n) is 5.93. The third kappa shape index (κ3) is 2.86. The molecule has 0 fully saturated rings. The van der Waals surface area contributed by atoms with E-state index in [1.54, 1.807) is 0 Å². The van der Waals surface area contributed by atoms with E-state index in [1.807, 2.05) is 30.3 Å². The maximum absolute atomic E-state index is 13.0. The van der Waals surface area contributed by atoms with E-state index in [0.717, 1.165) is 11.3 Å². The molecule has 1 heterocycles. The van der Waals surface area contributed by atoms with Gasteiger partial charge in [-0.3, -0.25) is 0 Å². The maximum Gasteiger partial charge on any atom is 0.276 e. The van der Waals surface area contributed by atoms with Gasteiger partial charge in [0.1, 0.15) is 0 Å². The lowest BCUT2D eigenvalue weighted by molar-refractivity contribution is -0.183. The van der Waals surface area contributed by atoms with E-state index >= 15 is 0 Å². The van der Waals surface area contributed by atoms with E-state index in [-0.39, 0.29) is 0 Å². The summed E-state index contributed by atoms with van der Waals surface area (Å²) < 4.78 is 52.0. The highest BCUT2D eigenvalue weighted by Gasteiger charge is 2.49. The molecule has 2 aromatic rings. The molecular weight excluding hydrogens is 322 g/mol. The van der Waals surface area contributed by atoms with Crippen LogP contribution in [0.3, 0.4) is 0 Å². The number of rotatable bonds is 5. The number of halogens is 4.